The molecule has 0 radical (unpaired) electrons. The van der Waals surface area contributed by atoms with Gasteiger partial charge in [0.15, 0.2) is 0 Å². The van der Waals surface area contributed by atoms with Gasteiger partial charge in [0, 0.05) is 0 Å². The minimum absolute atomic E-state index is 0.161. The van der Waals surface area contributed by atoms with Gasteiger partial charge in [0.1, 0.15) is 0 Å². The molecule has 1 atom stereocenters. The predicted molar refractivity (Wildman–Crippen MR) is 116 cm³/mol. The third kappa shape index (κ3) is 7.71. The number of benzene rings is 2. The van der Waals surface area contributed by atoms with E-state index in [1.165, 1.54) is 19.0 Å². The van der Waals surface area contributed by atoms with E-state index in [1.807, 2.05) is 44.2 Å². The number of hydrogen-bond acceptors (Lipinski definition) is 4. The standard InChI is InChI=1S/C22H26O3STe/c1-4-25-20(16-22(23)26-5-2)21(27-19-9-7-6-8-10-19)15-17-11-13-18(24-3)14-12-17/h6-15,20H,4-5,16H2,1-3H3/b21-15-/t20-/m0/s1. The summed E-state index contributed by atoms with van der Waals surface area (Å²) in [4.78, 5) is 12.3. The molecular formula is C22H26O3STe. The first-order valence-corrected chi connectivity index (χ1v) is 12.3. The van der Waals surface area contributed by atoms with E-state index in [2.05, 4.69) is 30.3 Å². The first kappa shape index (κ1) is 22.0. The van der Waals surface area contributed by atoms with Crippen molar-refractivity contribution < 1.29 is 14.3 Å². The molecule has 0 unspecified atom stereocenters. The van der Waals surface area contributed by atoms with Crippen LogP contribution >= 0.6 is 11.8 Å². The van der Waals surface area contributed by atoms with Gasteiger partial charge in [-0.3, -0.25) is 0 Å². The van der Waals surface area contributed by atoms with Crippen molar-refractivity contribution in [2.24, 2.45) is 0 Å². The first-order valence-electron chi connectivity index (χ1n) is 9.02. The number of carbonyl (C=O) groups excluding carboxylic acids is 1. The summed E-state index contributed by atoms with van der Waals surface area (Å²) in [5.74, 6) is 1.63. The molecule has 144 valence electrons. The van der Waals surface area contributed by atoms with Gasteiger partial charge in [-0.15, -0.1) is 0 Å². The maximum absolute atomic E-state index is 12.3. The second-order valence-electron chi connectivity index (χ2n) is 5.69. The molecule has 0 heterocycles. The number of ether oxygens (including phenoxy) is 2. The fraction of sp³-hybridized carbons (Fsp3) is 0.318. The Balaban J connectivity index is 2.32. The Bertz CT molecular complexity index is 729. The Morgan fingerprint density at radius 3 is 2.41 bits per heavy atom. The third-order valence-corrected chi connectivity index (χ3v) is 7.73. The summed E-state index contributed by atoms with van der Waals surface area (Å²) in [5, 5.41) is 0.192. The van der Waals surface area contributed by atoms with Gasteiger partial charge >= 0.3 is 177 Å². The molecular weight excluding hydrogens is 472 g/mol. The van der Waals surface area contributed by atoms with E-state index in [0.717, 1.165) is 17.1 Å². The van der Waals surface area contributed by atoms with Crippen molar-refractivity contribution in [3.05, 3.63) is 63.8 Å². The van der Waals surface area contributed by atoms with Crippen molar-refractivity contribution in [3.8, 4) is 5.75 Å². The molecule has 27 heavy (non-hydrogen) atoms. The van der Waals surface area contributed by atoms with Crippen LogP contribution in [0.15, 0.2) is 58.2 Å². The molecule has 0 fully saturated rings. The molecule has 0 bridgehead atoms. The Hall–Kier alpha value is -1.25. The zero-order chi connectivity index (χ0) is 19.5. The van der Waals surface area contributed by atoms with Gasteiger partial charge in [-0.25, -0.2) is 0 Å². The molecule has 5 heteroatoms. The summed E-state index contributed by atoms with van der Waals surface area (Å²) in [7, 11) is 1.67. The van der Waals surface area contributed by atoms with Crippen LogP contribution in [0.2, 0.25) is 0 Å². The van der Waals surface area contributed by atoms with E-state index in [-0.39, 0.29) is 11.2 Å². The van der Waals surface area contributed by atoms with Crippen molar-refractivity contribution in [2.75, 3.05) is 19.5 Å². The van der Waals surface area contributed by atoms with Crippen molar-refractivity contribution >= 4 is 47.5 Å². The molecule has 0 aliphatic rings. The molecule has 0 amide bonds. The second kappa shape index (κ2) is 12.3. The Kier molecular flexibility index (Phi) is 10.0. The van der Waals surface area contributed by atoms with Gasteiger partial charge in [0.2, 0.25) is 0 Å². The van der Waals surface area contributed by atoms with Gasteiger partial charge in [-0.1, -0.05) is 0 Å². The Labute approximate surface area is 176 Å². The van der Waals surface area contributed by atoms with Crippen molar-refractivity contribution in [2.45, 2.75) is 26.4 Å². The predicted octanol–water partition coefficient (Wildman–Crippen LogP) is 4.14. The summed E-state index contributed by atoms with van der Waals surface area (Å²) in [6.07, 6.45) is 2.46. The fourth-order valence-electron chi connectivity index (χ4n) is 2.49. The van der Waals surface area contributed by atoms with Gasteiger partial charge in [0.05, 0.1) is 0 Å². The van der Waals surface area contributed by atoms with Gasteiger partial charge in [0.25, 0.3) is 0 Å². The SMILES string of the molecule is CCO[C@@H](CC(=O)SCC)/C(=C/c1ccc(OC)cc1)[Te]c1ccccc1. The topological polar surface area (TPSA) is 35.5 Å². The van der Waals surface area contributed by atoms with E-state index in [1.54, 1.807) is 7.11 Å². The number of rotatable bonds is 10. The van der Waals surface area contributed by atoms with Crippen molar-refractivity contribution in [3.63, 3.8) is 0 Å². The average Bonchev–Trinajstić information content (AvgIpc) is 2.69. The van der Waals surface area contributed by atoms with Gasteiger partial charge < -0.3 is 0 Å². The number of methoxy groups -OCH3 is 1. The quantitative estimate of drug-likeness (QED) is 0.462. The number of hydrogen-bond donors (Lipinski definition) is 0. The van der Waals surface area contributed by atoms with Gasteiger partial charge in [-0.2, -0.15) is 0 Å². The summed E-state index contributed by atoms with van der Waals surface area (Å²) < 4.78 is 13.8. The van der Waals surface area contributed by atoms with Crippen LogP contribution in [0.25, 0.3) is 6.08 Å². The van der Waals surface area contributed by atoms with Crippen molar-refractivity contribution in [1.29, 1.82) is 0 Å². The first-order chi connectivity index (χ1) is 13.2. The van der Waals surface area contributed by atoms with Crippen LogP contribution in [0, 0.1) is 0 Å². The zero-order valence-electron chi connectivity index (χ0n) is 16.0. The molecule has 0 saturated heterocycles. The van der Waals surface area contributed by atoms with Crippen LogP contribution in [0.3, 0.4) is 0 Å². The van der Waals surface area contributed by atoms with Gasteiger partial charge in [-0.05, 0) is 0 Å². The second-order valence-corrected chi connectivity index (χ2v) is 10.3. The molecule has 0 N–H and O–H groups in total. The molecule has 0 saturated carbocycles. The van der Waals surface area contributed by atoms with E-state index < -0.39 is 20.9 Å². The monoisotopic (exact) mass is 500 g/mol. The molecule has 2 rings (SSSR count). The third-order valence-electron chi connectivity index (χ3n) is 3.75. The van der Waals surface area contributed by atoms with Crippen LogP contribution in [-0.4, -0.2) is 51.6 Å². The molecule has 2 aromatic carbocycles. The molecule has 2 aromatic rings. The van der Waals surface area contributed by atoms with E-state index in [0.29, 0.717) is 13.0 Å². The maximum atomic E-state index is 12.3. The van der Waals surface area contributed by atoms with E-state index >= 15 is 0 Å². The Morgan fingerprint density at radius 2 is 1.81 bits per heavy atom. The molecule has 0 aliphatic heterocycles. The van der Waals surface area contributed by atoms with E-state index in [9.17, 15) is 4.79 Å². The normalized spacial score (nSPS) is 12.6. The average molecular weight is 498 g/mol. The molecule has 0 aromatic heterocycles. The minimum atomic E-state index is -0.642. The fourth-order valence-corrected chi connectivity index (χ4v) is 6.06. The summed E-state index contributed by atoms with van der Waals surface area (Å²) in [5.41, 5.74) is 1.10. The zero-order valence-corrected chi connectivity index (χ0v) is 19.2. The van der Waals surface area contributed by atoms with Crippen LogP contribution in [0.5, 0.6) is 5.75 Å². The summed E-state index contributed by atoms with van der Waals surface area (Å²) in [6, 6.07) is 18.5. The Morgan fingerprint density at radius 1 is 1.11 bits per heavy atom. The molecule has 0 aliphatic carbocycles. The van der Waals surface area contributed by atoms with Crippen LogP contribution in [0.4, 0.5) is 0 Å². The number of thioether (sulfide) groups is 1. The molecule has 3 nitrogen and oxygen atoms in total. The van der Waals surface area contributed by atoms with Crippen LogP contribution < -0.4 is 8.35 Å². The molecule has 0 spiro atoms. The van der Waals surface area contributed by atoms with Crippen LogP contribution in [0.1, 0.15) is 25.8 Å². The van der Waals surface area contributed by atoms with Crippen molar-refractivity contribution in [1.82, 2.24) is 0 Å². The summed E-state index contributed by atoms with van der Waals surface area (Å²) >= 11 is 0.730. The van der Waals surface area contributed by atoms with E-state index in [4.69, 9.17) is 9.47 Å². The number of carbonyl (C=O) groups is 1. The van der Waals surface area contributed by atoms with Crippen LogP contribution in [-0.2, 0) is 9.53 Å². The summed E-state index contributed by atoms with van der Waals surface area (Å²) in [6.45, 7) is 4.58.